The predicted molar refractivity (Wildman–Crippen MR) is 148 cm³/mol. The van der Waals surface area contributed by atoms with Gasteiger partial charge in [-0.1, -0.05) is 78.9 Å². The molecule has 0 bridgehead atoms. The number of benzene rings is 3. The summed E-state index contributed by atoms with van der Waals surface area (Å²) in [5.41, 5.74) is 6.28. The van der Waals surface area contributed by atoms with E-state index in [1.54, 1.807) is 0 Å². The summed E-state index contributed by atoms with van der Waals surface area (Å²) in [6.45, 7) is 7.74. The molecular formula is C30H30N2O4S. The second-order valence-corrected chi connectivity index (χ2v) is 9.50. The third-order valence-electron chi connectivity index (χ3n) is 6.17. The van der Waals surface area contributed by atoms with Gasteiger partial charge in [0.25, 0.3) is 0 Å². The fourth-order valence-corrected chi connectivity index (χ4v) is 4.83. The van der Waals surface area contributed by atoms with E-state index >= 15 is 0 Å². The van der Waals surface area contributed by atoms with Crippen molar-refractivity contribution in [2.24, 2.45) is 0 Å². The highest BCUT2D eigenvalue weighted by Crippen LogP contribution is 2.36. The van der Waals surface area contributed by atoms with Gasteiger partial charge in [-0.15, -0.1) is 0 Å². The second kappa shape index (κ2) is 11.8. The molecule has 1 aromatic heterocycles. The lowest BCUT2D eigenvalue weighted by Gasteiger charge is -2.15. The summed E-state index contributed by atoms with van der Waals surface area (Å²) < 4.78 is 15.2. The molecule has 0 aliphatic rings. The summed E-state index contributed by atoms with van der Waals surface area (Å²) in [7, 11) is 0. The molecule has 1 amide bonds. The molecule has 0 fully saturated rings. The molecule has 6 nitrogen and oxygen atoms in total. The summed E-state index contributed by atoms with van der Waals surface area (Å²) in [6, 6.07) is 25.6. The van der Waals surface area contributed by atoms with Gasteiger partial charge in [0.15, 0.2) is 0 Å². The van der Waals surface area contributed by atoms with Crippen LogP contribution in [-0.4, -0.2) is 23.0 Å². The number of aryl methyl sites for hydroxylation is 1. The lowest BCUT2D eigenvalue weighted by molar-refractivity contribution is -0.144. The first-order chi connectivity index (χ1) is 17.9. The van der Waals surface area contributed by atoms with E-state index in [0.717, 1.165) is 38.4 Å². The molecule has 1 N–H and O–H groups in total. The third kappa shape index (κ3) is 6.24. The van der Waals surface area contributed by atoms with Gasteiger partial charge in [-0.05, 0) is 67.0 Å². The van der Waals surface area contributed by atoms with E-state index in [1.165, 1.54) is 11.5 Å². The maximum atomic E-state index is 12.6. The topological polar surface area (TPSA) is 77.5 Å². The van der Waals surface area contributed by atoms with Crippen LogP contribution in [0.15, 0.2) is 78.9 Å². The fourth-order valence-electron chi connectivity index (χ4n) is 3.98. The van der Waals surface area contributed by atoms with Crippen molar-refractivity contribution in [2.75, 3.05) is 11.9 Å². The molecule has 0 spiro atoms. The van der Waals surface area contributed by atoms with E-state index in [-0.39, 0.29) is 18.0 Å². The molecule has 0 radical (unpaired) electrons. The van der Waals surface area contributed by atoms with Crippen LogP contribution in [0.5, 0.6) is 0 Å². The highest BCUT2D eigenvalue weighted by atomic mass is 32.1. The molecular weight excluding hydrogens is 484 g/mol. The average Bonchev–Trinajstić information content (AvgIpc) is 3.28. The van der Waals surface area contributed by atoms with E-state index in [1.807, 2.05) is 107 Å². The van der Waals surface area contributed by atoms with Gasteiger partial charge >= 0.3 is 12.1 Å². The predicted octanol–water partition coefficient (Wildman–Crippen LogP) is 7.76. The Morgan fingerprint density at radius 1 is 0.865 bits per heavy atom. The maximum absolute atomic E-state index is 12.6. The lowest BCUT2D eigenvalue weighted by Crippen LogP contribution is -2.16. The largest absolute Gasteiger partial charge is 0.466 e. The van der Waals surface area contributed by atoms with E-state index in [2.05, 4.69) is 9.69 Å². The molecule has 0 aliphatic carbocycles. The summed E-state index contributed by atoms with van der Waals surface area (Å²) >= 11 is 1.34. The molecule has 0 saturated heterocycles. The first-order valence-corrected chi connectivity index (χ1v) is 13.0. The van der Waals surface area contributed by atoms with Crippen molar-refractivity contribution in [3.05, 3.63) is 95.7 Å². The lowest BCUT2D eigenvalue weighted by atomic mass is 9.97. The molecule has 7 heteroatoms. The van der Waals surface area contributed by atoms with Crippen LogP contribution in [0.4, 0.5) is 10.5 Å². The number of ether oxygens (including phenoxy) is 2. The maximum Gasteiger partial charge on any atom is 0.412 e. The molecule has 3 aromatic carbocycles. The summed E-state index contributed by atoms with van der Waals surface area (Å²) in [4.78, 5) is 25.5. The SMILES string of the molecule is CCOC(=O)C(C)c1ccc(-c2ccc(-c3snc(C)c3NC(=O)O[C@H](C)c3ccccc3)cc2)cc1. The number of hydrogen-bond acceptors (Lipinski definition) is 6. The van der Waals surface area contributed by atoms with Crippen LogP contribution in [0.3, 0.4) is 0 Å². The summed E-state index contributed by atoms with van der Waals surface area (Å²) in [6.07, 6.45) is -0.892. The smallest absolute Gasteiger partial charge is 0.412 e. The second-order valence-electron chi connectivity index (χ2n) is 8.73. The first kappa shape index (κ1) is 26.1. The van der Waals surface area contributed by atoms with Crippen LogP contribution in [0.25, 0.3) is 21.6 Å². The van der Waals surface area contributed by atoms with Crippen molar-refractivity contribution in [1.29, 1.82) is 0 Å². The molecule has 4 rings (SSSR count). The Bertz CT molecular complexity index is 1350. The van der Waals surface area contributed by atoms with Crippen molar-refractivity contribution in [3.63, 3.8) is 0 Å². The Balaban J connectivity index is 1.46. The Kier molecular flexibility index (Phi) is 8.36. The molecule has 37 heavy (non-hydrogen) atoms. The first-order valence-electron chi connectivity index (χ1n) is 12.2. The van der Waals surface area contributed by atoms with E-state index < -0.39 is 6.09 Å². The number of anilines is 1. The minimum absolute atomic E-state index is 0.220. The Morgan fingerprint density at radius 2 is 1.46 bits per heavy atom. The van der Waals surface area contributed by atoms with Gasteiger partial charge in [-0.25, -0.2) is 4.79 Å². The minimum atomic E-state index is -0.519. The quantitative estimate of drug-likeness (QED) is 0.243. The Labute approximate surface area is 221 Å². The monoisotopic (exact) mass is 514 g/mol. The molecule has 1 unspecified atom stereocenters. The highest BCUT2D eigenvalue weighted by molar-refractivity contribution is 7.10. The zero-order valence-corrected chi connectivity index (χ0v) is 22.2. The molecule has 2 atom stereocenters. The zero-order valence-electron chi connectivity index (χ0n) is 21.4. The van der Waals surface area contributed by atoms with Crippen molar-refractivity contribution in [2.45, 2.75) is 39.7 Å². The van der Waals surface area contributed by atoms with Gasteiger partial charge in [0.2, 0.25) is 0 Å². The van der Waals surface area contributed by atoms with E-state index in [9.17, 15) is 9.59 Å². The van der Waals surface area contributed by atoms with Gasteiger partial charge < -0.3 is 9.47 Å². The average molecular weight is 515 g/mol. The van der Waals surface area contributed by atoms with E-state index in [4.69, 9.17) is 9.47 Å². The normalized spacial score (nSPS) is 12.4. The van der Waals surface area contributed by atoms with Crippen LogP contribution in [-0.2, 0) is 14.3 Å². The third-order valence-corrected chi connectivity index (χ3v) is 7.16. The number of carbonyl (C=O) groups excluding carboxylic acids is 2. The molecule has 0 aliphatic heterocycles. The van der Waals surface area contributed by atoms with Gasteiger partial charge in [-0.3, -0.25) is 10.1 Å². The zero-order chi connectivity index (χ0) is 26.4. The van der Waals surface area contributed by atoms with Crippen molar-refractivity contribution in [3.8, 4) is 21.6 Å². The van der Waals surface area contributed by atoms with Gasteiger partial charge in [-0.2, -0.15) is 4.37 Å². The minimum Gasteiger partial charge on any atom is -0.466 e. The van der Waals surface area contributed by atoms with Crippen LogP contribution in [0.2, 0.25) is 0 Å². The number of nitrogens with zero attached hydrogens (tertiary/aromatic N) is 1. The van der Waals surface area contributed by atoms with Crippen LogP contribution in [0.1, 0.15) is 49.6 Å². The van der Waals surface area contributed by atoms with Gasteiger partial charge in [0.1, 0.15) is 6.10 Å². The van der Waals surface area contributed by atoms with Crippen molar-refractivity contribution >= 4 is 29.3 Å². The number of nitrogens with one attached hydrogen (secondary N) is 1. The van der Waals surface area contributed by atoms with Crippen molar-refractivity contribution in [1.82, 2.24) is 4.37 Å². The number of esters is 1. The molecule has 0 saturated carbocycles. The van der Waals surface area contributed by atoms with Gasteiger partial charge in [0.05, 0.1) is 28.8 Å². The number of aromatic nitrogens is 1. The standard InChI is InChI=1S/C30H30N2O4S/c1-5-35-29(33)19(2)22-11-13-24(14-12-22)25-15-17-26(18-16-25)28-27(20(3)32-37-28)31-30(34)36-21(4)23-9-7-6-8-10-23/h6-19,21H,5H2,1-4H3,(H,31,34)/t19?,21-/m1/s1. The highest BCUT2D eigenvalue weighted by Gasteiger charge is 2.19. The van der Waals surface area contributed by atoms with E-state index in [0.29, 0.717) is 12.3 Å². The molecule has 190 valence electrons. The Hall–Kier alpha value is -3.97. The number of hydrogen-bond donors (Lipinski definition) is 1. The number of amides is 1. The van der Waals surface area contributed by atoms with Crippen molar-refractivity contribution < 1.29 is 19.1 Å². The van der Waals surface area contributed by atoms with Crippen LogP contribution in [0, 0.1) is 6.92 Å². The summed E-state index contributed by atoms with van der Waals surface area (Å²) in [5, 5.41) is 2.89. The van der Waals surface area contributed by atoms with Gasteiger partial charge in [0, 0.05) is 0 Å². The Morgan fingerprint density at radius 3 is 2.08 bits per heavy atom. The van der Waals surface area contributed by atoms with Crippen LogP contribution < -0.4 is 5.32 Å². The fraction of sp³-hybridized carbons (Fsp3) is 0.233. The molecule has 4 aromatic rings. The molecule has 1 heterocycles. The van der Waals surface area contributed by atoms with Crippen LogP contribution >= 0.6 is 11.5 Å². The number of carbonyl (C=O) groups is 2. The summed E-state index contributed by atoms with van der Waals surface area (Å²) in [5.74, 6) is -0.526. The number of rotatable bonds is 8.